The number of nitrogens with zero attached hydrogens (tertiary/aromatic N) is 1. The van der Waals surface area contributed by atoms with Gasteiger partial charge in [0.15, 0.2) is 23.0 Å². The predicted octanol–water partition coefficient (Wildman–Crippen LogP) is 2.99. The highest BCUT2D eigenvalue weighted by Crippen LogP contribution is 2.54. The molecule has 0 bridgehead atoms. The topological polar surface area (TPSA) is 49.4 Å². The molecule has 3 heterocycles. The van der Waals surface area contributed by atoms with Gasteiger partial charge in [0.2, 0.25) is 13.6 Å². The maximum atomic E-state index is 5.99. The summed E-state index contributed by atoms with van der Waals surface area (Å²) in [6, 6.07) is 8.74. The van der Waals surface area contributed by atoms with E-state index in [1.165, 1.54) is 22.3 Å². The van der Waals surface area contributed by atoms with Crippen molar-refractivity contribution in [3.05, 3.63) is 46.5 Å². The standard InChI is InChI=1S/C21H21NO5/c1-22-8-14-12(3-4-15-21(14)27-10-24-15)19-18(23-2)6-11-5-16-17(26-9-25-16)7-13(11)20(19)22/h3-5,7,18-20H,6,8-10H2,1-2H3/t18-,19-,20+/m0/s1. The summed E-state index contributed by atoms with van der Waals surface area (Å²) in [5.74, 6) is 3.64. The summed E-state index contributed by atoms with van der Waals surface area (Å²) in [6.45, 7) is 1.40. The first kappa shape index (κ1) is 15.6. The Kier molecular flexibility index (Phi) is 3.20. The molecule has 0 aromatic heterocycles. The molecule has 0 spiro atoms. The van der Waals surface area contributed by atoms with Crippen LogP contribution in [0.15, 0.2) is 24.3 Å². The number of likely N-dealkylation sites (N-methyl/N-ethyl adjacent to an activating group) is 1. The van der Waals surface area contributed by atoms with E-state index in [2.05, 4.69) is 30.1 Å². The van der Waals surface area contributed by atoms with Gasteiger partial charge in [0.25, 0.3) is 0 Å². The van der Waals surface area contributed by atoms with Crippen molar-refractivity contribution in [3.8, 4) is 23.0 Å². The minimum atomic E-state index is 0.0877. The quantitative estimate of drug-likeness (QED) is 0.772. The normalized spacial score (nSPS) is 27.1. The van der Waals surface area contributed by atoms with E-state index in [-0.39, 0.29) is 18.1 Å². The Morgan fingerprint density at radius 3 is 2.59 bits per heavy atom. The molecule has 0 amide bonds. The second-order valence-electron chi connectivity index (χ2n) is 7.64. The Morgan fingerprint density at radius 1 is 0.963 bits per heavy atom. The van der Waals surface area contributed by atoms with Crippen molar-refractivity contribution >= 4 is 0 Å². The first-order valence-electron chi connectivity index (χ1n) is 9.31. The van der Waals surface area contributed by atoms with Crippen LogP contribution in [0.4, 0.5) is 0 Å². The first-order chi connectivity index (χ1) is 13.2. The number of fused-ring (bicyclic) bond motifs is 8. The van der Waals surface area contributed by atoms with Crippen LogP contribution in [0, 0.1) is 0 Å². The van der Waals surface area contributed by atoms with Crippen LogP contribution in [-0.2, 0) is 17.7 Å². The monoisotopic (exact) mass is 367 g/mol. The van der Waals surface area contributed by atoms with E-state index in [4.69, 9.17) is 23.7 Å². The van der Waals surface area contributed by atoms with Crippen molar-refractivity contribution in [1.82, 2.24) is 4.90 Å². The number of ether oxygens (including phenoxy) is 5. The third-order valence-electron chi connectivity index (χ3n) is 6.34. The van der Waals surface area contributed by atoms with Gasteiger partial charge in [-0.15, -0.1) is 0 Å². The molecule has 0 fully saturated rings. The molecule has 0 saturated heterocycles. The lowest BCUT2D eigenvalue weighted by Crippen LogP contribution is -2.44. The fraction of sp³-hybridized carbons (Fsp3) is 0.429. The van der Waals surface area contributed by atoms with Gasteiger partial charge in [0, 0.05) is 31.2 Å². The molecule has 3 aliphatic heterocycles. The van der Waals surface area contributed by atoms with Crippen molar-refractivity contribution in [2.45, 2.75) is 31.0 Å². The molecule has 0 unspecified atom stereocenters. The molecule has 140 valence electrons. The molecule has 4 aliphatic rings. The lowest BCUT2D eigenvalue weighted by atomic mass is 9.70. The number of benzene rings is 2. The molecular formula is C21H21NO5. The zero-order valence-electron chi connectivity index (χ0n) is 15.4. The van der Waals surface area contributed by atoms with Crippen molar-refractivity contribution in [1.29, 1.82) is 0 Å². The average molecular weight is 367 g/mol. The zero-order valence-corrected chi connectivity index (χ0v) is 15.4. The van der Waals surface area contributed by atoms with E-state index in [0.717, 1.165) is 36.0 Å². The lowest BCUT2D eigenvalue weighted by molar-refractivity contribution is 0.0243. The number of rotatable bonds is 1. The van der Waals surface area contributed by atoms with Crippen LogP contribution in [0.25, 0.3) is 0 Å². The Morgan fingerprint density at radius 2 is 1.74 bits per heavy atom. The Balaban J connectivity index is 1.54. The van der Waals surface area contributed by atoms with E-state index in [0.29, 0.717) is 13.6 Å². The summed E-state index contributed by atoms with van der Waals surface area (Å²) >= 11 is 0. The second-order valence-corrected chi connectivity index (χ2v) is 7.64. The number of methoxy groups -OCH3 is 1. The van der Waals surface area contributed by atoms with E-state index in [9.17, 15) is 0 Å². The van der Waals surface area contributed by atoms with Crippen molar-refractivity contribution in [3.63, 3.8) is 0 Å². The predicted molar refractivity (Wildman–Crippen MR) is 96.6 cm³/mol. The fourth-order valence-electron chi connectivity index (χ4n) is 5.17. The van der Waals surface area contributed by atoms with Crippen LogP contribution in [0.5, 0.6) is 23.0 Å². The van der Waals surface area contributed by atoms with Gasteiger partial charge >= 0.3 is 0 Å². The van der Waals surface area contributed by atoms with Gasteiger partial charge in [0.05, 0.1) is 6.10 Å². The molecule has 6 nitrogen and oxygen atoms in total. The Bertz CT molecular complexity index is 943. The number of hydrogen-bond donors (Lipinski definition) is 0. The Labute approximate surface area is 157 Å². The highest BCUT2D eigenvalue weighted by atomic mass is 16.7. The maximum absolute atomic E-state index is 5.99. The van der Waals surface area contributed by atoms with E-state index >= 15 is 0 Å². The van der Waals surface area contributed by atoms with E-state index < -0.39 is 0 Å². The van der Waals surface area contributed by atoms with Gasteiger partial charge < -0.3 is 23.7 Å². The number of hydrogen-bond acceptors (Lipinski definition) is 6. The molecule has 0 radical (unpaired) electrons. The van der Waals surface area contributed by atoms with Crippen molar-refractivity contribution in [2.24, 2.45) is 0 Å². The Hall–Kier alpha value is -2.44. The largest absolute Gasteiger partial charge is 0.454 e. The highest BCUT2D eigenvalue weighted by molar-refractivity contribution is 5.58. The van der Waals surface area contributed by atoms with Gasteiger partial charge in [-0.3, -0.25) is 4.90 Å². The van der Waals surface area contributed by atoms with Gasteiger partial charge in [0.1, 0.15) is 0 Å². The second kappa shape index (κ2) is 5.53. The smallest absolute Gasteiger partial charge is 0.231 e. The average Bonchev–Trinajstić information content (AvgIpc) is 3.34. The van der Waals surface area contributed by atoms with Crippen LogP contribution >= 0.6 is 0 Å². The summed E-state index contributed by atoms with van der Waals surface area (Å²) in [4.78, 5) is 2.39. The lowest BCUT2D eigenvalue weighted by Gasteiger charge is -2.47. The van der Waals surface area contributed by atoms with E-state index in [1.54, 1.807) is 7.11 Å². The zero-order chi connectivity index (χ0) is 18.1. The summed E-state index contributed by atoms with van der Waals surface area (Å²) in [5.41, 5.74) is 5.12. The van der Waals surface area contributed by atoms with Crippen LogP contribution in [0.1, 0.15) is 34.2 Å². The fourth-order valence-corrected chi connectivity index (χ4v) is 5.17. The molecule has 6 heteroatoms. The van der Waals surface area contributed by atoms with Crippen molar-refractivity contribution < 1.29 is 23.7 Å². The third kappa shape index (κ3) is 2.08. The molecule has 2 aromatic rings. The summed E-state index contributed by atoms with van der Waals surface area (Å²) in [6.07, 6.45) is 0.940. The molecular weight excluding hydrogens is 346 g/mol. The SMILES string of the molecule is CO[C@H]1Cc2cc3c(cc2[C@@H]2[C@H]1c1ccc4c(c1CN2C)OCO4)OCO3. The molecule has 6 rings (SSSR count). The molecule has 2 aromatic carbocycles. The van der Waals surface area contributed by atoms with Crippen LogP contribution in [0.2, 0.25) is 0 Å². The van der Waals surface area contributed by atoms with Gasteiger partial charge in [-0.2, -0.15) is 0 Å². The minimum Gasteiger partial charge on any atom is -0.454 e. The van der Waals surface area contributed by atoms with Crippen LogP contribution in [-0.4, -0.2) is 38.7 Å². The van der Waals surface area contributed by atoms with Gasteiger partial charge in [-0.1, -0.05) is 6.07 Å². The highest BCUT2D eigenvalue weighted by Gasteiger charge is 2.46. The van der Waals surface area contributed by atoms with Gasteiger partial charge in [-0.05, 0) is 48.4 Å². The van der Waals surface area contributed by atoms with Gasteiger partial charge in [-0.25, -0.2) is 0 Å². The molecule has 0 N–H and O–H groups in total. The summed E-state index contributed by atoms with van der Waals surface area (Å²) in [5, 5.41) is 0. The molecule has 1 aliphatic carbocycles. The van der Waals surface area contributed by atoms with Crippen LogP contribution < -0.4 is 18.9 Å². The summed E-state index contributed by atoms with van der Waals surface area (Å²) in [7, 11) is 3.98. The molecule has 0 saturated carbocycles. The first-order valence-corrected chi connectivity index (χ1v) is 9.31. The van der Waals surface area contributed by atoms with E-state index in [1.807, 2.05) is 6.07 Å². The maximum Gasteiger partial charge on any atom is 0.231 e. The summed E-state index contributed by atoms with van der Waals surface area (Å²) < 4.78 is 28.6. The third-order valence-corrected chi connectivity index (χ3v) is 6.34. The van der Waals surface area contributed by atoms with Crippen molar-refractivity contribution in [2.75, 3.05) is 27.7 Å². The minimum absolute atomic E-state index is 0.0877. The molecule has 27 heavy (non-hydrogen) atoms. The molecule has 3 atom stereocenters. The van der Waals surface area contributed by atoms with Crippen LogP contribution in [0.3, 0.4) is 0 Å².